The number of carbonyl (C=O) groups excluding carboxylic acids is 1. The third-order valence-corrected chi connectivity index (χ3v) is 4.08. The van der Waals surface area contributed by atoms with Crippen LogP contribution in [0.1, 0.15) is 40.2 Å². The van der Waals surface area contributed by atoms with Gasteiger partial charge in [-0.1, -0.05) is 6.07 Å². The molecule has 120 valence electrons. The molecule has 1 amide bonds. The second kappa shape index (κ2) is 5.22. The van der Waals surface area contributed by atoms with Gasteiger partial charge in [-0.05, 0) is 62.9 Å². The van der Waals surface area contributed by atoms with Crippen LogP contribution in [-0.4, -0.2) is 32.3 Å². The van der Waals surface area contributed by atoms with E-state index in [2.05, 4.69) is 16.5 Å². The minimum Gasteiger partial charge on any atom is -0.480 e. The third-order valence-electron chi connectivity index (χ3n) is 4.08. The molecule has 23 heavy (non-hydrogen) atoms. The predicted molar refractivity (Wildman–Crippen MR) is 84.8 cm³/mol. The predicted octanol–water partition coefficient (Wildman–Crippen LogP) is 2.14. The molecule has 1 aliphatic rings. The summed E-state index contributed by atoms with van der Waals surface area (Å²) in [6, 6.07) is 7.73. The first-order chi connectivity index (χ1) is 10.8. The fourth-order valence-electron chi connectivity index (χ4n) is 2.72. The Balaban J connectivity index is 1.89. The Hall–Kier alpha value is -2.63. The number of hydrogen-bond donors (Lipinski definition) is 2. The van der Waals surface area contributed by atoms with Crippen molar-refractivity contribution in [3.05, 3.63) is 46.8 Å². The molecule has 0 aliphatic heterocycles. The Labute approximate surface area is 134 Å². The van der Waals surface area contributed by atoms with Gasteiger partial charge in [0.2, 0.25) is 0 Å². The summed E-state index contributed by atoms with van der Waals surface area (Å²) >= 11 is 0. The number of hydrogen-bond acceptors (Lipinski definition) is 3. The van der Waals surface area contributed by atoms with Crippen LogP contribution in [0.15, 0.2) is 24.3 Å². The molecule has 0 spiro atoms. The molecular formula is C17H19N3O3. The van der Waals surface area contributed by atoms with E-state index < -0.39 is 17.4 Å². The highest BCUT2D eigenvalue weighted by molar-refractivity contribution is 5.97. The molecule has 0 radical (unpaired) electrons. The standard InChI is InChI=1S/C17H19N3O3/c1-10-6-11(2)8-13(7-10)20-12(3)9-14(19-20)15(21)18-17(4-5-17)16(22)23/h6-9H,4-5H2,1-3H3,(H,18,21)(H,22,23). The van der Waals surface area contributed by atoms with Crippen molar-refractivity contribution in [3.63, 3.8) is 0 Å². The van der Waals surface area contributed by atoms with Crippen LogP contribution in [0, 0.1) is 20.8 Å². The first kappa shape index (κ1) is 15.3. The number of carboxylic acids is 1. The fourth-order valence-corrected chi connectivity index (χ4v) is 2.72. The summed E-state index contributed by atoms with van der Waals surface area (Å²) in [6.07, 6.45) is 0.926. The molecule has 0 saturated heterocycles. The quantitative estimate of drug-likeness (QED) is 0.906. The number of aliphatic carboxylic acids is 1. The maximum absolute atomic E-state index is 12.3. The molecule has 2 N–H and O–H groups in total. The van der Waals surface area contributed by atoms with E-state index >= 15 is 0 Å². The Bertz CT molecular complexity index is 783. The molecule has 6 nitrogen and oxygen atoms in total. The van der Waals surface area contributed by atoms with E-state index in [1.807, 2.05) is 32.9 Å². The molecule has 0 unspecified atom stereocenters. The van der Waals surface area contributed by atoms with Crippen LogP contribution in [0.3, 0.4) is 0 Å². The lowest BCUT2D eigenvalue weighted by Gasteiger charge is -2.10. The van der Waals surface area contributed by atoms with Gasteiger partial charge in [-0.3, -0.25) is 4.79 Å². The summed E-state index contributed by atoms with van der Waals surface area (Å²) < 4.78 is 1.70. The minimum atomic E-state index is -1.10. The number of amides is 1. The summed E-state index contributed by atoms with van der Waals surface area (Å²) in [7, 11) is 0. The average molecular weight is 313 g/mol. The van der Waals surface area contributed by atoms with Crippen molar-refractivity contribution in [2.24, 2.45) is 0 Å². The zero-order chi connectivity index (χ0) is 16.8. The molecule has 0 bridgehead atoms. The van der Waals surface area contributed by atoms with Crippen molar-refractivity contribution in [3.8, 4) is 5.69 Å². The monoisotopic (exact) mass is 313 g/mol. The van der Waals surface area contributed by atoms with Gasteiger partial charge in [0, 0.05) is 5.69 Å². The van der Waals surface area contributed by atoms with Crippen LogP contribution in [-0.2, 0) is 4.79 Å². The molecule has 1 aliphatic carbocycles. The van der Waals surface area contributed by atoms with E-state index in [-0.39, 0.29) is 5.69 Å². The van der Waals surface area contributed by atoms with Crippen molar-refractivity contribution in [2.45, 2.75) is 39.2 Å². The minimum absolute atomic E-state index is 0.231. The van der Waals surface area contributed by atoms with Gasteiger partial charge in [0.05, 0.1) is 5.69 Å². The van der Waals surface area contributed by atoms with E-state index in [4.69, 9.17) is 5.11 Å². The maximum atomic E-state index is 12.3. The van der Waals surface area contributed by atoms with E-state index in [0.717, 1.165) is 22.5 Å². The normalized spacial score (nSPS) is 15.3. The largest absolute Gasteiger partial charge is 0.480 e. The number of nitrogens with one attached hydrogen (secondary N) is 1. The number of rotatable bonds is 4. The molecule has 1 saturated carbocycles. The van der Waals surface area contributed by atoms with Gasteiger partial charge >= 0.3 is 5.97 Å². The van der Waals surface area contributed by atoms with Crippen LogP contribution in [0.2, 0.25) is 0 Å². The number of carbonyl (C=O) groups is 2. The number of nitrogens with zero attached hydrogens (tertiary/aromatic N) is 2. The van der Waals surface area contributed by atoms with E-state index in [1.54, 1.807) is 10.7 Å². The molecule has 1 aromatic heterocycles. The molecular weight excluding hydrogens is 294 g/mol. The third kappa shape index (κ3) is 2.84. The summed E-state index contributed by atoms with van der Waals surface area (Å²) in [4.78, 5) is 23.5. The molecule has 1 heterocycles. The maximum Gasteiger partial charge on any atom is 0.329 e. The topological polar surface area (TPSA) is 84.2 Å². The first-order valence-electron chi connectivity index (χ1n) is 7.52. The van der Waals surface area contributed by atoms with Gasteiger partial charge in [-0.15, -0.1) is 0 Å². The van der Waals surface area contributed by atoms with Gasteiger partial charge < -0.3 is 10.4 Å². The van der Waals surface area contributed by atoms with Crippen LogP contribution in [0.25, 0.3) is 5.69 Å². The summed E-state index contributed by atoms with van der Waals surface area (Å²) in [5.41, 5.74) is 3.06. The van der Waals surface area contributed by atoms with Crippen LogP contribution >= 0.6 is 0 Å². The second-order valence-corrected chi connectivity index (χ2v) is 6.27. The van der Waals surface area contributed by atoms with Crippen molar-refractivity contribution in [1.29, 1.82) is 0 Å². The van der Waals surface area contributed by atoms with Crippen molar-refractivity contribution in [1.82, 2.24) is 15.1 Å². The highest BCUT2D eigenvalue weighted by atomic mass is 16.4. The van der Waals surface area contributed by atoms with Crippen molar-refractivity contribution in [2.75, 3.05) is 0 Å². The Morgan fingerprint density at radius 3 is 2.26 bits per heavy atom. The van der Waals surface area contributed by atoms with Gasteiger partial charge in [0.1, 0.15) is 5.54 Å². The number of aryl methyl sites for hydroxylation is 3. The first-order valence-corrected chi connectivity index (χ1v) is 7.52. The van der Waals surface area contributed by atoms with Crippen LogP contribution in [0.5, 0.6) is 0 Å². The van der Waals surface area contributed by atoms with Gasteiger partial charge in [-0.2, -0.15) is 5.10 Å². The summed E-state index contributed by atoms with van der Waals surface area (Å²) in [6.45, 7) is 5.88. The van der Waals surface area contributed by atoms with E-state index in [0.29, 0.717) is 12.8 Å². The summed E-state index contributed by atoms with van der Waals surface area (Å²) in [5.74, 6) is -1.44. The lowest BCUT2D eigenvalue weighted by molar-refractivity contribution is -0.140. The van der Waals surface area contributed by atoms with Gasteiger partial charge in [0.25, 0.3) is 5.91 Å². The molecule has 6 heteroatoms. The van der Waals surface area contributed by atoms with Crippen molar-refractivity contribution >= 4 is 11.9 Å². The lowest BCUT2D eigenvalue weighted by Crippen LogP contribution is -2.43. The lowest BCUT2D eigenvalue weighted by atomic mass is 10.1. The van der Waals surface area contributed by atoms with Gasteiger partial charge in [-0.25, -0.2) is 9.48 Å². The van der Waals surface area contributed by atoms with Crippen LogP contribution in [0.4, 0.5) is 0 Å². The highest BCUT2D eigenvalue weighted by Gasteiger charge is 2.51. The highest BCUT2D eigenvalue weighted by Crippen LogP contribution is 2.35. The number of carboxylic acid groups (broad SMARTS) is 1. The second-order valence-electron chi connectivity index (χ2n) is 6.27. The van der Waals surface area contributed by atoms with E-state index in [9.17, 15) is 9.59 Å². The molecule has 1 fully saturated rings. The fraction of sp³-hybridized carbons (Fsp3) is 0.353. The molecule has 1 aromatic carbocycles. The summed E-state index contributed by atoms with van der Waals surface area (Å²) in [5, 5.41) is 16.1. The molecule has 3 rings (SSSR count). The Morgan fingerprint density at radius 2 is 1.74 bits per heavy atom. The average Bonchev–Trinajstić information content (AvgIpc) is 3.12. The van der Waals surface area contributed by atoms with E-state index in [1.165, 1.54) is 0 Å². The SMILES string of the molecule is Cc1cc(C)cc(-n2nc(C(=O)NC3(C(=O)O)CC3)cc2C)c1. The smallest absolute Gasteiger partial charge is 0.329 e. The van der Waals surface area contributed by atoms with Crippen LogP contribution < -0.4 is 5.32 Å². The Kier molecular flexibility index (Phi) is 3.47. The zero-order valence-corrected chi connectivity index (χ0v) is 13.4. The number of benzene rings is 1. The number of aromatic nitrogens is 2. The molecule has 0 atom stereocenters. The molecule has 2 aromatic rings. The van der Waals surface area contributed by atoms with Crippen molar-refractivity contribution < 1.29 is 14.7 Å². The Morgan fingerprint density at radius 1 is 1.13 bits per heavy atom. The zero-order valence-electron chi connectivity index (χ0n) is 13.4. The van der Waals surface area contributed by atoms with Gasteiger partial charge in [0.15, 0.2) is 5.69 Å².